The van der Waals surface area contributed by atoms with Gasteiger partial charge in [0.2, 0.25) is 0 Å². The third-order valence-corrected chi connectivity index (χ3v) is 7.45. The van der Waals surface area contributed by atoms with E-state index in [2.05, 4.69) is 31.2 Å². The molecule has 6 heteroatoms. The maximum Gasteiger partial charge on any atom is 0.134 e. The van der Waals surface area contributed by atoms with Gasteiger partial charge in [-0.15, -0.1) is 23.1 Å². The highest BCUT2D eigenvalue weighted by Crippen LogP contribution is 2.41. The fourth-order valence-electron chi connectivity index (χ4n) is 3.71. The first-order valence-electron chi connectivity index (χ1n) is 8.10. The molecule has 2 bridgehead atoms. The predicted octanol–water partition coefficient (Wildman–Crippen LogP) is 4.13. The molecule has 4 rings (SSSR count). The largest absolute Gasteiger partial charge is 0.302 e. The van der Waals surface area contributed by atoms with Gasteiger partial charge in [0.1, 0.15) is 5.03 Å². The van der Waals surface area contributed by atoms with E-state index in [0.717, 1.165) is 11.7 Å². The Bertz CT molecular complexity index is 596. The summed E-state index contributed by atoms with van der Waals surface area (Å²) >= 11 is 5.19. The lowest BCUT2D eigenvalue weighted by molar-refractivity contribution is 0.269. The second kappa shape index (κ2) is 6.99. The Morgan fingerprint density at radius 1 is 1.32 bits per heavy atom. The first-order chi connectivity index (χ1) is 10.9. The molecule has 0 radical (unpaired) electrons. The summed E-state index contributed by atoms with van der Waals surface area (Å²) in [7, 11) is 0. The summed E-state index contributed by atoms with van der Waals surface area (Å²) in [5.41, 5.74) is 1.31. The van der Waals surface area contributed by atoms with Crippen LogP contribution in [-0.2, 0) is 6.42 Å². The Labute approximate surface area is 144 Å². The minimum atomic E-state index is 0.640. The van der Waals surface area contributed by atoms with Gasteiger partial charge in [0, 0.05) is 23.9 Å². The van der Waals surface area contributed by atoms with Crippen molar-refractivity contribution in [3.63, 3.8) is 0 Å². The number of aromatic nitrogens is 2. The summed E-state index contributed by atoms with van der Waals surface area (Å²) in [4.78, 5) is 4.11. The van der Waals surface area contributed by atoms with Crippen LogP contribution >= 0.6 is 34.8 Å². The van der Waals surface area contributed by atoms with Crippen LogP contribution in [0.3, 0.4) is 0 Å². The molecule has 2 aliphatic heterocycles. The van der Waals surface area contributed by atoms with Gasteiger partial charge in [-0.1, -0.05) is 6.07 Å². The molecule has 0 spiro atoms. The highest BCUT2D eigenvalue weighted by Gasteiger charge is 2.38. The first-order valence-corrected chi connectivity index (χ1v) is 10.7. The van der Waals surface area contributed by atoms with Crippen molar-refractivity contribution in [2.75, 3.05) is 25.4 Å². The van der Waals surface area contributed by atoms with Crippen LogP contribution in [-0.4, -0.2) is 39.0 Å². The molecule has 1 unspecified atom stereocenters. The number of aryl methyl sites for hydroxylation is 1. The minimum Gasteiger partial charge on any atom is -0.302 e. The fourth-order valence-corrected chi connectivity index (χ4v) is 6.17. The standard InChI is InChI=1S/C16H21N3S3/c1-4-12-10-19(7-1)11-14(12)15-16(18-22-17-15)21-9-3-6-13-5-2-8-20-13/h2,5,8,12,14H,1,3-4,6-7,9-11H2/t12-,14-/m0/s1. The molecule has 118 valence electrons. The van der Waals surface area contributed by atoms with E-state index in [9.17, 15) is 0 Å². The summed E-state index contributed by atoms with van der Waals surface area (Å²) in [6, 6.07) is 4.38. The molecule has 0 aromatic carbocycles. The average Bonchev–Trinajstić information content (AvgIpc) is 3.25. The molecule has 2 fully saturated rings. The average molecular weight is 352 g/mol. The molecule has 2 aromatic rings. The summed E-state index contributed by atoms with van der Waals surface area (Å²) in [5.74, 6) is 2.61. The highest BCUT2D eigenvalue weighted by molar-refractivity contribution is 7.99. The zero-order valence-corrected chi connectivity index (χ0v) is 15.1. The van der Waals surface area contributed by atoms with Crippen LogP contribution in [0.2, 0.25) is 0 Å². The second-order valence-corrected chi connectivity index (χ2v) is 8.90. The van der Waals surface area contributed by atoms with Crippen molar-refractivity contribution in [2.45, 2.75) is 36.6 Å². The van der Waals surface area contributed by atoms with E-state index < -0.39 is 0 Å². The predicted molar refractivity (Wildman–Crippen MR) is 95.2 cm³/mol. The normalized spacial score (nSPS) is 27.4. The molecule has 2 saturated heterocycles. The summed E-state index contributed by atoms with van der Waals surface area (Å²) in [6.07, 6.45) is 5.16. The van der Waals surface area contributed by atoms with Gasteiger partial charge in [-0.2, -0.15) is 8.75 Å². The number of rotatable bonds is 6. The molecular weight excluding hydrogens is 330 g/mol. The van der Waals surface area contributed by atoms with Crippen molar-refractivity contribution in [1.29, 1.82) is 0 Å². The van der Waals surface area contributed by atoms with Crippen molar-refractivity contribution in [2.24, 2.45) is 5.92 Å². The van der Waals surface area contributed by atoms with Crippen molar-refractivity contribution >= 4 is 34.8 Å². The Balaban J connectivity index is 1.34. The quantitative estimate of drug-likeness (QED) is 0.578. The lowest BCUT2D eigenvalue weighted by Crippen LogP contribution is -2.25. The molecule has 3 atom stereocenters. The Kier molecular flexibility index (Phi) is 4.80. The van der Waals surface area contributed by atoms with Gasteiger partial charge in [-0.3, -0.25) is 0 Å². The number of piperidine rings is 1. The van der Waals surface area contributed by atoms with E-state index in [1.54, 1.807) is 0 Å². The van der Waals surface area contributed by atoms with Crippen LogP contribution in [0, 0.1) is 5.92 Å². The zero-order chi connectivity index (χ0) is 14.8. The van der Waals surface area contributed by atoms with Gasteiger partial charge in [-0.25, -0.2) is 0 Å². The molecule has 3 nitrogen and oxygen atoms in total. The molecule has 0 aliphatic carbocycles. The third-order valence-electron chi connectivity index (χ3n) is 4.79. The lowest BCUT2D eigenvalue weighted by Gasteiger charge is -2.21. The van der Waals surface area contributed by atoms with Crippen LogP contribution in [0.25, 0.3) is 0 Å². The van der Waals surface area contributed by atoms with E-state index in [4.69, 9.17) is 0 Å². The number of thiophene rings is 1. The molecule has 2 aromatic heterocycles. The monoisotopic (exact) mass is 351 g/mol. The molecule has 0 N–H and O–H groups in total. The van der Waals surface area contributed by atoms with Crippen LogP contribution in [0.1, 0.15) is 35.8 Å². The van der Waals surface area contributed by atoms with Gasteiger partial charge in [-0.05, 0) is 55.3 Å². The van der Waals surface area contributed by atoms with Crippen LogP contribution in [0.5, 0.6) is 0 Å². The minimum absolute atomic E-state index is 0.640. The van der Waals surface area contributed by atoms with Gasteiger partial charge in [0.25, 0.3) is 0 Å². The fraction of sp³-hybridized carbons (Fsp3) is 0.625. The smallest absolute Gasteiger partial charge is 0.134 e. The number of hydrogen-bond donors (Lipinski definition) is 0. The second-order valence-electron chi connectivity index (χ2n) is 6.25. The van der Waals surface area contributed by atoms with Crippen LogP contribution in [0.4, 0.5) is 0 Å². The summed E-state index contributed by atoms with van der Waals surface area (Å²) in [6.45, 7) is 3.78. The van der Waals surface area contributed by atoms with Crippen LogP contribution in [0.15, 0.2) is 22.5 Å². The molecule has 2 aliphatic rings. The number of nitrogens with zero attached hydrogens (tertiary/aromatic N) is 3. The van der Waals surface area contributed by atoms with Gasteiger partial charge >= 0.3 is 0 Å². The van der Waals surface area contributed by atoms with Gasteiger partial charge < -0.3 is 4.90 Å². The Hall–Kier alpha value is -0.430. The van der Waals surface area contributed by atoms with E-state index in [1.807, 2.05) is 23.1 Å². The molecule has 22 heavy (non-hydrogen) atoms. The number of thioether (sulfide) groups is 1. The number of hydrogen-bond acceptors (Lipinski definition) is 6. The topological polar surface area (TPSA) is 29.0 Å². The highest BCUT2D eigenvalue weighted by atomic mass is 32.2. The van der Waals surface area contributed by atoms with Crippen molar-refractivity contribution < 1.29 is 0 Å². The van der Waals surface area contributed by atoms with Crippen molar-refractivity contribution in [1.82, 2.24) is 13.6 Å². The summed E-state index contributed by atoms with van der Waals surface area (Å²) < 4.78 is 9.26. The maximum atomic E-state index is 4.67. The van der Waals surface area contributed by atoms with Crippen molar-refractivity contribution in [3.05, 3.63) is 28.1 Å². The Morgan fingerprint density at radius 3 is 3.18 bits per heavy atom. The molecule has 0 amide bonds. The molecular formula is C16H21N3S3. The molecule has 0 saturated carbocycles. The number of fused-ring (bicyclic) bond motifs is 2. The zero-order valence-electron chi connectivity index (χ0n) is 12.6. The van der Waals surface area contributed by atoms with E-state index in [1.165, 1.54) is 72.6 Å². The van der Waals surface area contributed by atoms with E-state index >= 15 is 0 Å². The first kappa shape index (κ1) is 15.1. The van der Waals surface area contributed by atoms with Crippen molar-refractivity contribution in [3.8, 4) is 0 Å². The summed E-state index contributed by atoms with van der Waals surface area (Å²) in [5, 5.41) is 3.38. The SMILES string of the molecule is c1csc(CCCSc2nsnc2[C@H]2CN3CCC[C@H]2C3)c1. The van der Waals surface area contributed by atoms with Crippen LogP contribution < -0.4 is 0 Å². The molecule has 4 heterocycles. The van der Waals surface area contributed by atoms with E-state index in [-0.39, 0.29) is 0 Å². The van der Waals surface area contributed by atoms with Gasteiger partial charge in [0.05, 0.1) is 17.4 Å². The Morgan fingerprint density at radius 2 is 2.32 bits per heavy atom. The van der Waals surface area contributed by atoms with E-state index in [0.29, 0.717) is 5.92 Å². The third kappa shape index (κ3) is 3.25. The van der Waals surface area contributed by atoms with Gasteiger partial charge in [0.15, 0.2) is 0 Å². The lowest BCUT2D eigenvalue weighted by atomic mass is 9.89. The maximum absolute atomic E-state index is 4.67.